The number of aromatic nitrogens is 2. The Morgan fingerprint density at radius 3 is 2.67 bits per heavy atom. The molecule has 9 heteroatoms. The van der Waals surface area contributed by atoms with Crippen molar-refractivity contribution in [2.75, 3.05) is 0 Å². The SMILES string of the molecule is CCC(=O)N1N=C(c2c(O)n(Cc3ccccc3)c(=O)[nH]c2=O)CC1c1cccs1. The number of aromatic hydroxyl groups is 1. The Morgan fingerprint density at radius 2 is 2.00 bits per heavy atom. The maximum atomic E-state index is 12.6. The molecule has 0 spiro atoms. The van der Waals surface area contributed by atoms with E-state index in [0.29, 0.717) is 0 Å². The van der Waals surface area contributed by atoms with Crippen LogP contribution in [-0.2, 0) is 11.3 Å². The van der Waals surface area contributed by atoms with Crippen LogP contribution in [0, 0.1) is 0 Å². The van der Waals surface area contributed by atoms with Gasteiger partial charge in [0.15, 0.2) is 0 Å². The number of carbonyl (C=O) groups is 1. The normalized spacial score (nSPS) is 16.0. The fraction of sp³-hybridized carbons (Fsp3) is 0.238. The van der Waals surface area contributed by atoms with Crippen molar-refractivity contribution in [3.05, 3.63) is 84.7 Å². The fourth-order valence-corrected chi connectivity index (χ4v) is 4.30. The molecule has 1 aliphatic rings. The first-order valence-electron chi connectivity index (χ1n) is 9.53. The first-order chi connectivity index (χ1) is 14.5. The molecule has 4 rings (SSSR count). The molecule has 0 saturated carbocycles. The highest BCUT2D eigenvalue weighted by Gasteiger charge is 2.35. The van der Waals surface area contributed by atoms with Crippen LogP contribution in [-0.4, -0.2) is 31.3 Å². The van der Waals surface area contributed by atoms with Crippen molar-refractivity contribution in [2.24, 2.45) is 5.10 Å². The van der Waals surface area contributed by atoms with Gasteiger partial charge in [-0.2, -0.15) is 5.10 Å². The highest BCUT2D eigenvalue weighted by Crippen LogP contribution is 2.36. The zero-order chi connectivity index (χ0) is 21.3. The highest BCUT2D eigenvalue weighted by atomic mass is 32.1. The first kappa shape index (κ1) is 19.8. The molecule has 0 fully saturated rings. The van der Waals surface area contributed by atoms with Crippen molar-refractivity contribution >= 4 is 23.0 Å². The third-order valence-electron chi connectivity index (χ3n) is 4.98. The Bertz CT molecular complexity index is 1210. The maximum Gasteiger partial charge on any atom is 0.331 e. The molecule has 1 aliphatic heterocycles. The molecule has 1 aromatic carbocycles. The second-order valence-corrected chi connectivity index (χ2v) is 7.88. The number of hydrogen-bond acceptors (Lipinski definition) is 6. The molecule has 1 unspecified atom stereocenters. The third kappa shape index (κ3) is 3.59. The molecule has 30 heavy (non-hydrogen) atoms. The predicted octanol–water partition coefficient (Wildman–Crippen LogP) is 2.44. The Morgan fingerprint density at radius 1 is 1.23 bits per heavy atom. The van der Waals surface area contributed by atoms with E-state index in [1.165, 1.54) is 16.3 Å². The number of amides is 1. The van der Waals surface area contributed by atoms with Gasteiger partial charge in [0.2, 0.25) is 11.8 Å². The van der Waals surface area contributed by atoms with Crippen LogP contribution in [0.3, 0.4) is 0 Å². The zero-order valence-electron chi connectivity index (χ0n) is 16.2. The zero-order valence-corrected chi connectivity index (χ0v) is 17.1. The quantitative estimate of drug-likeness (QED) is 0.656. The Labute approximate surface area is 175 Å². The smallest absolute Gasteiger partial charge is 0.331 e. The van der Waals surface area contributed by atoms with E-state index in [9.17, 15) is 19.5 Å². The summed E-state index contributed by atoms with van der Waals surface area (Å²) >= 11 is 1.49. The standard InChI is InChI=1S/C21H20N4O4S/c1-2-17(26)25-15(16-9-6-10-30-16)11-14(23-25)18-19(27)22-21(29)24(20(18)28)12-13-7-4-3-5-8-13/h3-10,15,28H,2,11-12H2,1H3,(H,22,27,29). The van der Waals surface area contributed by atoms with E-state index >= 15 is 0 Å². The van der Waals surface area contributed by atoms with E-state index in [-0.39, 0.29) is 42.6 Å². The van der Waals surface area contributed by atoms with Crippen molar-refractivity contribution in [3.63, 3.8) is 0 Å². The average molecular weight is 424 g/mol. The lowest BCUT2D eigenvalue weighted by Gasteiger charge is -2.19. The van der Waals surface area contributed by atoms with E-state index in [1.54, 1.807) is 6.92 Å². The monoisotopic (exact) mass is 424 g/mol. The van der Waals surface area contributed by atoms with Gasteiger partial charge in [-0.15, -0.1) is 11.3 Å². The number of aromatic amines is 1. The lowest BCUT2D eigenvalue weighted by atomic mass is 10.0. The summed E-state index contributed by atoms with van der Waals surface area (Å²) < 4.78 is 1.10. The van der Waals surface area contributed by atoms with Gasteiger partial charge in [0, 0.05) is 17.7 Å². The molecule has 0 aliphatic carbocycles. The van der Waals surface area contributed by atoms with E-state index < -0.39 is 17.1 Å². The number of nitrogens with one attached hydrogen (secondary N) is 1. The maximum absolute atomic E-state index is 12.6. The molecular formula is C21H20N4O4S. The van der Waals surface area contributed by atoms with Gasteiger partial charge < -0.3 is 5.11 Å². The predicted molar refractivity (Wildman–Crippen MR) is 114 cm³/mol. The summed E-state index contributed by atoms with van der Waals surface area (Å²) in [7, 11) is 0. The minimum Gasteiger partial charge on any atom is -0.494 e. The van der Waals surface area contributed by atoms with Crippen molar-refractivity contribution in [2.45, 2.75) is 32.4 Å². The number of nitrogens with zero attached hydrogens (tertiary/aromatic N) is 3. The molecular weight excluding hydrogens is 404 g/mol. The van der Waals surface area contributed by atoms with Crippen LogP contribution in [0.15, 0.2) is 62.5 Å². The minimum atomic E-state index is -0.726. The van der Waals surface area contributed by atoms with E-state index in [1.807, 2.05) is 47.8 Å². The van der Waals surface area contributed by atoms with Gasteiger partial charge in [0.1, 0.15) is 5.56 Å². The lowest BCUT2D eigenvalue weighted by Crippen LogP contribution is -2.34. The molecule has 1 atom stereocenters. The summed E-state index contributed by atoms with van der Waals surface area (Å²) in [6, 6.07) is 12.6. The van der Waals surface area contributed by atoms with Crippen LogP contribution in [0.2, 0.25) is 0 Å². The van der Waals surface area contributed by atoms with Crippen LogP contribution >= 0.6 is 11.3 Å². The third-order valence-corrected chi connectivity index (χ3v) is 5.96. The topological polar surface area (TPSA) is 108 Å². The number of thiophene rings is 1. The molecule has 0 radical (unpaired) electrons. The lowest BCUT2D eigenvalue weighted by molar-refractivity contribution is -0.132. The molecule has 8 nitrogen and oxygen atoms in total. The Kier molecular flexibility index (Phi) is 5.37. The molecule has 154 valence electrons. The molecule has 0 bridgehead atoms. The van der Waals surface area contributed by atoms with Crippen molar-refractivity contribution in [3.8, 4) is 5.88 Å². The van der Waals surface area contributed by atoms with Gasteiger partial charge in [0.05, 0.1) is 18.3 Å². The number of carbonyl (C=O) groups excluding carboxylic acids is 1. The summed E-state index contributed by atoms with van der Waals surface area (Å²) in [5.74, 6) is -0.640. The number of hydrogen-bond donors (Lipinski definition) is 2. The average Bonchev–Trinajstić information content (AvgIpc) is 3.41. The molecule has 0 saturated heterocycles. The summed E-state index contributed by atoms with van der Waals surface area (Å²) in [5, 5.41) is 18.5. The van der Waals surface area contributed by atoms with Gasteiger partial charge in [-0.05, 0) is 17.0 Å². The number of H-pyrrole nitrogens is 1. The van der Waals surface area contributed by atoms with Crippen LogP contribution < -0.4 is 11.2 Å². The molecule has 3 heterocycles. The number of rotatable bonds is 5. The first-order valence-corrected chi connectivity index (χ1v) is 10.4. The molecule has 1 amide bonds. The Balaban J connectivity index is 1.78. The second-order valence-electron chi connectivity index (χ2n) is 6.90. The van der Waals surface area contributed by atoms with Crippen molar-refractivity contribution in [1.82, 2.24) is 14.6 Å². The highest BCUT2D eigenvalue weighted by molar-refractivity contribution is 7.10. The summed E-state index contributed by atoms with van der Waals surface area (Å²) in [6.45, 7) is 1.83. The van der Waals surface area contributed by atoms with Gasteiger partial charge in [-0.3, -0.25) is 19.1 Å². The number of hydrazone groups is 1. The molecule has 2 aromatic heterocycles. The fourth-order valence-electron chi connectivity index (χ4n) is 3.49. The van der Waals surface area contributed by atoms with E-state index in [2.05, 4.69) is 10.1 Å². The minimum absolute atomic E-state index is 0.0847. The Hall–Kier alpha value is -3.46. The molecule has 3 aromatic rings. The van der Waals surface area contributed by atoms with E-state index in [4.69, 9.17) is 0 Å². The van der Waals surface area contributed by atoms with Crippen LogP contribution in [0.25, 0.3) is 0 Å². The number of benzene rings is 1. The van der Waals surface area contributed by atoms with Crippen LogP contribution in [0.1, 0.15) is 41.8 Å². The summed E-state index contributed by atoms with van der Waals surface area (Å²) in [5.41, 5.74) is -0.453. The molecule has 2 N–H and O–H groups in total. The largest absolute Gasteiger partial charge is 0.494 e. The van der Waals surface area contributed by atoms with Gasteiger partial charge in [0.25, 0.3) is 5.56 Å². The summed E-state index contributed by atoms with van der Waals surface area (Å²) in [4.78, 5) is 40.6. The van der Waals surface area contributed by atoms with Gasteiger partial charge in [-0.1, -0.05) is 43.3 Å². The van der Waals surface area contributed by atoms with Crippen LogP contribution in [0.5, 0.6) is 5.88 Å². The van der Waals surface area contributed by atoms with Crippen LogP contribution in [0.4, 0.5) is 0 Å². The van der Waals surface area contributed by atoms with E-state index in [0.717, 1.165) is 15.0 Å². The van der Waals surface area contributed by atoms with Crippen molar-refractivity contribution < 1.29 is 9.90 Å². The van der Waals surface area contributed by atoms with Gasteiger partial charge >= 0.3 is 5.69 Å². The van der Waals surface area contributed by atoms with Gasteiger partial charge in [-0.25, -0.2) is 9.80 Å². The second kappa shape index (κ2) is 8.11. The van der Waals surface area contributed by atoms with Crippen molar-refractivity contribution in [1.29, 1.82) is 0 Å². The summed E-state index contributed by atoms with van der Waals surface area (Å²) in [6.07, 6.45) is 0.529.